The van der Waals surface area contributed by atoms with E-state index in [1.165, 1.54) is 6.07 Å². The zero-order valence-corrected chi connectivity index (χ0v) is 11.0. The molecule has 0 saturated carbocycles. The molecule has 2 aromatic rings. The van der Waals surface area contributed by atoms with Crippen LogP contribution in [0.2, 0.25) is 0 Å². The lowest BCUT2D eigenvalue weighted by Crippen LogP contribution is -2.22. The monoisotopic (exact) mass is 260 g/mol. The summed E-state index contributed by atoms with van der Waals surface area (Å²) in [6.45, 7) is 3.28. The van der Waals surface area contributed by atoms with Gasteiger partial charge in [-0.3, -0.25) is 14.8 Å². The van der Waals surface area contributed by atoms with E-state index in [0.29, 0.717) is 18.8 Å². The predicted octanol–water partition coefficient (Wildman–Crippen LogP) is 2.35. The summed E-state index contributed by atoms with van der Waals surface area (Å²) in [5.74, 6) is 0. The van der Waals surface area contributed by atoms with Crippen molar-refractivity contribution in [2.75, 3.05) is 11.4 Å². The predicted molar refractivity (Wildman–Crippen MR) is 73.0 cm³/mol. The van der Waals surface area contributed by atoms with Gasteiger partial charge in [0.2, 0.25) is 0 Å². The van der Waals surface area contributed by atoms with E-state index in [0.717, 1.165) is 5.56 Å². The Balaban J connectivity index is 2.29. The number of para-hydroxylation sites is 2. The van der Waals surface area contributed by atoms with E-state index in [2.05, 4.69) is 5.10 Å². The van der Waals surface area contributed by atoms with Gasteiger partial charge in [0.15, 0.2) is 0 Å². The van der Waals surface area contributed by atoms with Crippen molar-refractivity contribution in [3.8, 4) is 0 Å². The second-order valence-electron chi connectivity index (χ2n) is 4.28. The van der Waals surface area contributed by atoms with E-state index in [9.17, 15) is 10.1 Å². The molecule has 0 radical (unpaired) electrons. The molecule has 6 heteroatoms. The van der Waals surface area contributed by atoms with Gasteiger partial charge in [-0.25, -0.2) is 0 Å². The van der Waals surface area contributed by atoms with Crippen molar-refractivity contribution in [1.29, 1.82) is 0 Å². The van der Waals surface area contributed by atoms with Gasteiger partial charge in [-0.1, -0.05) is 12.1 Å². The molecule has 19 heavy (non-hydrogen) atoms. The maximum Gasteiger partial charge on any atom is 0.292 e. The summed E-state index contributed by atoms with van der Waals surface area (Å²) in [5.41, 5.74) is 1.80. The molecule has 0 atom stereocenters. The fourth-order valence-corrected chi connectivity index (χ4v) is 2.03. The van der Waals surface area contributed by atoms with Gasteiger partial charge in [0.1, 0.15) is 5.69 Å². The second kappa shape index (κ2) is 5.51. The Labute approximate surface area is 111 Å². The van der Waals surface area contributed by atoms with Gasteiger partial charge in [-0.15, -0.1) is 0 Å². The number of nitrogens with zero attached hydrogens (tertiary/aromatic N) is 4. The SMILES string of the molecule is CCN(Cc1cnn(C)c1)c1ccccc1[N+](=O)[O-]. The van der Waals surface area contributed by atoms with Crippen molar-refractivity contribution < 1.29 is 4.92 Å². The van der Waals surface area contributed by atoms with Crippen LogP contribution in [0.15, 0.2) is 36.7 Å². The summed E-state index contributed by atoms with van der Waals surface area (Å²) in [6, 6.07) is 6.80. The first-order valence-electron chi connectivity index (χ1n) is 6.07. The Kier molecular flexibility index (Phi) is 3.79. The average molecular weight is 260 g/mol. The van der Waals surface area contributed by atoms with Crippen LogP contribution in [0.5, 0.6) is 0 Å². The third-order valence-corrected chi connectivity index (χ3v) is 2.93. The molecule has 1 heterocycles. The number of benzene rings is 1. The number of hydrogen-bond donors (Lipinski definition) is 0. The molecule has 0 spiro atoms. The van der Waals surface area contributed by atoms with Crippen LogP contribution in [-0.2, 0) is 13.6 Å². The molecule has 0 unspecified atom stereocenters. The molecule has 0 fully saturated rings. The number of anilines is 1. The Morgan fingerprint density at radius 1 is 1.42 bits per heavy atom. The molecular weight excluding hydrogens is 244 g/mol. The van der Waals surface area contributed by atoms with E-state index < -0.39 is 0 Å². The second-order valence-corrected chi connectivity index (χ2v) is 4.28. The lowest BCUT2D eigenvalue weighted by Gasteiger charge is -2.22. The summed E-state index contributed by atoms with van der Waals surface area (Å²) in [6.07, 6.45) is 3.69. The zero-order valence-electron chi connectivity index (χ0n) is 11.0. The van der Waals surface area contributed by atoms with Gasteiger partial charge >= 0.3 is 0 Å². The van der Waals surface area contributed by atoms with Gasteiger partial charge in [-0.2, -0.15) is 5.10 Å². The van der Waals surface area contributed by atoms with Crippen LogP contribution in [0.3, 0.4) is 0 Å². The molecule has 0 aliphatic rings. The minimum absolute atomic E-state index is 0.133. The van der Waals surface area contributed by atoms with Gasteiger partial charge in [0.05, 0.1) is 11.1 Å². The molecule has 0 bridgehead atoms. The van der Waals surface area contributed by atoms with Crippen LogP contribution in [0.1, 0.15) is 12.5 Å². The number of aryl methyl sites for hydroxylation is 1. The van der Waals surface area contributed by atoms with Gasteiger partial charge in [0, 0.05) is 38.0 Å². The highest BCUT2D eigenvalue weighted by molar-refractivity contribution is 5.63. The topological polar surface area (TPSA) is 64.2 Å². The Morgan fingerprint density at radius 2 is 2.16 bits per heavy atom. The van der Waals surface area contributed by atoms with Crippen molar-refractivity contribution >= 4 is 11.4 Å². The lowest BCUT2D eigenvalue weighted by atomic mass is 10.2. The molecule has 2 rings (SSSR count). The molecule has 6 nitrogen and oxygen atoms in total. The number of hydrogen-bond acceptors (Lipinski definition) is 4. The van der Waals surface area contributed by atoms with E-state index in [4.69, 9.17) is 0 Å². The van der Waals surface area contributed by atoms with Gasteiger partial charge in [-0.05, 0) is 13.0 Å². The van der Waals surface area contributed by atoms with Gasteiger partial charge in [0.25, 0.3) is 5.69 Å². The molecule has 0 aliphatic heterocycles. The number of aromatic nitrogens is 2. The van der Waals surface area contributed by atoms with Crippen molar-refractivity contribution in [3.05, 3.63) is 52.3 Å². The minimum atomic E-state index is -0.346. The quantitative estimate of drug-likeness (QED) is 0.611. The summed E-state index contributed by atoms with van der Waals surface area (Å²) < 4.78 is 1.72. The van der Waals surface area contributed by atoms with E-state index >= 15 is 0 Å². The van der Waals surface area contributed by atoms with E-state index in [-0.39, 0.29) is 10.6 Å². The van der Waals surface area contributed by atoms with Crippen molar-refractivity contribution in [2.45, 2.75) is 13.5 Å². The summed E-state index contributed by atoms with van der Waals surface area (Å²) in [7, 11) is 1.85. The summed E-state index contributed by atoms with van der Waals surface area (Å²) in [5, 5.41) is 15.2. The average Bonchev–Trinajstić information content (AvgIpc) is 2.81. The molecule has 0 N–H and O–H groups in total. The normalized spacial score (nSPS) is 10.4. The summed E-state index contributed by atoms with van der Waals surface area (Å²) >= 11 is 0. The Hall–Kier alpha value is -2.37. The molecule has 1 aromatic heterocycles. The number of rotatable bonds is 5. The van der Waals surface area contributed by atoms with Crippen LogP contribution >= 0.6 is 0 Å². The lowest BCUT2D eigenvalue weighted by molar-refractivity contribution is -0.384. The van der Waals surface area contributed by atoms with Gasteiger partial charge < -0.3 is 4.90 Å². The highest BCUT2D eigenvalue weighted by Gasteiger charge is 2.18. The maximum atomic E-state index is 11.1. The first-order chi connectivity index (χ1) is 9.11. The van der Waals surface area contributed by atoms with Crippen LogP contribution in [0, 0.1) is 10.1 Å². The highest BCUT2D eigenvalue weighted by atomic mass is 16.6. The van der Waals surface area contributed by atoms with Crippen LogP contribution in [0.25, 0.3) is 0 Å². The fourth-order valence-electron chi connectivity index (χ4n) is 2.03. The number of nitro benzene ring substituents is 1. The first-order valence-corrected chi connectivity index (χ1v) is 6.07. The standard InChI is InChI=1S/C13H16N4O2/c1-3-16(10-11-8-14-15(2)9-11)12-6-4-5-7-13(12)17(18)19/h4-9H,3,10H2,1-2H3. The van der Waals surface area contributed by atoms with Crippen molar-refractivity contribution in [1.82, 2.24) is 9.78 Å². The number of nitro groups is 1. The third kappa shape index (κ3) is 2.90. The fraction of sp³-hybridized carbons (Fsp3) is 0.308. The molecule has 0 amide bonds. The summed E-state index contributed by atoms with van der Waals surface area (Å²) in [4.78, 5) is 12.7. The molecular formula is C13H16N4O2. The van der Waals surface area contributed by atoms with Crippen LogP contribution in [-0.4, -0.2) is 21.2 Å². The van der Waals surface area contributed by atoms with Crippen molar-refractivity contribution in [2.24, 2.45) is 7.05 Å². The van der Waals surface area contributed by atoms with Crippen LogP contribution in [0.4, 0.5) is 11.4 Å². The molecule has 1 aromatic carbocycles. The van der Waals surface area contributed by atoms with E-state index in [1.807, 2.05) is 31.1 Å². The Morgan fingerprint density at radius 3 is 2.74 bits per heavy atom. The maximum absolute atomic E-state index is 11.1. The Bertz CT molecular complexity index is 580. The van der Waals surface area contributed by atoms with E-state index in [1.54, 1.807) is 23.0 Å². The molecule has 0 aliphatic carbocycles. The smallest absolute Gasteiger partial charge is 0.292 e. The first kappa shape index (κ1) is 13.1. The van der Waals surface area contributed by atoms with Crippen molar-refractivity contribution in [3.63, 3.8) is 0 Å². The minimum Gasteiger partial charge on any atom is -0.362 e. The third-order valence-electron chi connectivity index (χ3n) is 2.93. The van der Waals surface area contributed by atoms with Crippen LogP contribution < -0.4 is 4.90 Å². The zero-order chi connectivity index (χ0) is 13.8. The molecule has 100 valence electrons. The molecule has 0 saturated heterocycles. The highest BCUT2D eigenvalue weighted by Crippen LogP contribution is 2.28. The largest absolute Gasteiger partial charge is 0.362 e.